The molecule has 0 spiro atoms. The Morgan fingerprint density at radius 1 is 0.962 bits per heavy atom. The van der Waals surface area contributed by atoms with Crippen LogP contribution in [0.15, 0.2) is 76.1 Å². The molecule has 3 rings (SSSR count). The summed E-state index contributed by atoms with van der Waals surface area (Å²) < 4.78 is 28.5. The molecular weight excluding hydrogens is 416 g/mol. The molecule has 0 radical (unpaired) electrons. The Kier molecular flexibility index (Phi) is 5.41. The quantitative estimate of drug-likeness (QED) is 0.641. The fourth-order valence-electron chi connectivity index (χ4n) is 2.47. The summed E-state index contributed by atoms with van der Waals surface area (Å²) in [6, 6.07) is 18.5. The van der Waals surface area contributed by atoms with Crippen molar-refractivity contribution >= 4 is 48.3 Å². The summed E-state index contributed by atoms with van der Waals surface area (Å²) >= 11 is 3.32. The maximum atomic E-state index is 12.6. The minimum Gasteiger partial charge on any atom is -0.325 e. The van der Waals surface area contributed by atoms with E-state index in [1.165, 1.54) is 13.0 Å². The van der Waals surface area contributed by atoms with Crippen LogP contribution in [0.2, 0.25) is 0 Å². The van der Waals surface area contributed by atoms with Crippen molar-refractivity contribution in [3.63, 3.8) is 0 Å². The zero-order valence-electron chi connectivity index (χ0n) is 13.9. The second-order valence-electron chi connectivity index (χ2n) is 5.85. The number of fused-ring (bicyclic) bond motifs is 1. The number of halogens is 1. The standard InChI is InChI=1S/C19H17BrN2O3S/c1-13(19(23)21-17-9-7-16(20)8-10-17)22-26(24,25)18-11-6-14-4-2-3-5-15(14)12-18/h2-13,22H,1H3,(H,21,23)/t13-/m0/s1. The molecular formula is C19H17BrN2O3S. The predicted molar refractivity (Wildman–Crippen MR) is 107 cm³/mol. The van der Waals surface area contributed by atoms with Crippen LogP contribution < -0.4 is 10.0 Å². The van der Waals surface area contributed by atoms with Gasteiger partial charge in [0.25, 0.3) is 0 Å². The molecule has 0 saturated heterocycles. The molecule has 0 aliphatic heterocycles. The average Bonchev–Trinajstić information content (AvgIpc) is 2.62. The summed E-state index contributed by atoms with van der Waals surface area (Å²) in [6.45, 7) is 1.51. The van der Waals surface area contributed by atoms with E-state index in [-0.39, 0.29) is 4.90 Å². The van der Waals surface area contributed by atoms with Gasteiger partial charge in [0.05, 0.1) is 10.9 Å². The Balaban J connectivity index is 1.74. The van der Waals surface area contributed by atoms with Crippen LogP contribution in [-0.4, -0.2) is 20.4 Å². The summed E-state index contributed by atoms with van der Waals surface area (Å²) in [5.74, 6) is -0.434. The van der Waals surface area contributed by atoms with Crippen LogP contribution in [0, 0.1) is 0 Å². The molecule has 0 aliphatic carbocycles. The number of nitrogens with one attached hydrogen (secondary N) is 2. The Hall–Kier alpha value is -2.22. The van der Waals surface area contributed by atoms with Gasteiger partial charge in [0.1, 0.15) is 0 Å². The van der Waals surface area contributed by atoms with Crippen molar-refractivity contribution in [1.82, 2.24) is 4.72 Å². The lowest BCUT2D eigenvalue weighted by molar-refractivity contribution is -0.117. The second kappa shape index (κ2) is 7.57. The monoisotopic (exact) mass is 432 g/mol. The number of benzene rings is 3. The van der Waals surface area contributed by atoms with E-state index in [0.29, 0.717) is 5.69 Å². The van der Waals surface area contributed by atoms with Crippen molar-refractivity contribution in [3.8, 4) is 0 Å². The largest absolute Gasteiger partial charge is 0.325 e. The Morgan fingerprint density at radius 2 is 1.62 bits per heavy atom. The van der Waals surface area contributed by atoms with Gasteiger partial charge in [0.2, 0.25) is 15.9 Å². The van der Waals surface area contributed by atoms with Crippen LogP contribution in [0.5, 0.6) is 0 Å². The highest BCUT2D eigenvalue weighted by Gasteiger charge is 2.22. The first-order valence-corrected chi connectivity index (χ1v) is 10.2. The molecule has 1 atom stereocenters. The van der Waals surface area contributed by atoms with E-state index in [1.54, 1.807) is 36.4 Å². The topological polar surface area (TPSA) is 75.3 Å². The van der Waals surface area contributed by atoms with E-state index >= 15 is 0 Å². The lowest BCUT2D eigenvalue weighted by atomic mass is 10.1. The minimum atomic E-state index is -3.81. The smallest absolute Gasteiger partial charge is 0.242 e. The third-order valence-electron chi connectivity index (χ3n) is 3.87. The fraction of sp³-hybridized carbons (Fsp3) is 0.105. The van der Waals surface area contributed by atoms with Crippen molar-refractivity contribution in [2.24, 2.45) is 0 Å². The lowest BCUT2D eigenvalue weighted by Gasteiger charge is -2.15. The van der Waals surface area contributed by atoms with Crippen LogP contribution in [0.4, 0.5) is 5.69 Å². The minimum absolute atomic E-state index is 0.125. The van der Waals surface area contributed by atoms with Gasteiger partial charge in [-0.3, -0.25) is 4.79 Å². The molecule has 26 heavy (non-hydrogen) atoms. The van der Waals surface area contributed by atoms with Crippen molar-refractivity contribution in [2.75, 3.05) is 5.32 Å². The van der Waals surface area contributed by atoms with E-state index in [2.05, 4.69) is 26.0 Å². The van der Waals surface area contributed by atoms with Gasteiger partial charge in [-0.2, -0.15) is 4.72 Å². The maximum absolute atomic E-state index is 12.6. The highest BCUT2D eigenvalue weighted by Crippen LogP contribution is 2.19. The van der Waals surface area contributed by atoms with Gasteiger partial charge >= 0.3 is 0 Å². The van der Waals surface area contributed by atoms with Gasteiger partial charge < -0.3 is 5.32 Å². The van der Waals surface area contributed by atoms with E-state index < -0.39 is 22.0 Å². The number of rotatable bonds is 5. The van der Waals surface area contributed by atoms with Crippen LogP contribution in [-0.2, 0) is 14.8 Å². The van der Waals surface area contributed by atoms with Crippen molar-refractivity contribution in [1.29, 1.82) is 0 Å². The van der Waals surface area contributed by atoms with Gasteiger partial charge in [-0.15, -0.1) is 0 Å². The zero-order chi connectivity index (χ0) is 18.7. The zero-order valence-corrected chi connectivity index (χ0v) is 16.3. The molecule has 134 valence electrons. The Morgan fingerprint density at radius 3 is 2.31 bits per heavy atom. The second-order valence-corrected chi connectivity index (χ2v) is 8.48. The predicted octanol–water partition coefficient (Wildman–Crippen LogP) is 3.91. The molecule has 0 aliphatic rings. The normalized spacial score (nSPS) is 12.7. The van der Waals surface area contributed by atoms with Gasteiger partial charge in [-0.25, -0.2) is 8.42 Å². The number of sulfonamides is 1. The van der Waals surface area contributed by atoms with Gasteiger partial charge in [0.15, 0.2) is 0 Å². The number of hydrogen-bond donors (Lipinski definition) is 2. The molecule has 5 nitrogen and oxygen atoms in total. The molecule has 3 aromatic carbocycles. The van der Waals surface area contributed by atoms with E-state index in [4.69, 9.17) is 0 Å². The summed E-state index contributed by atoms with van der Waals surface area (Å²) in [6.07, 6.45) is 0. The Labute approximate surface area is 160 Å². The van der Waals surface area contributed by atoms with Crippen molar-refractivity contribution in [3.05, 3.63) is 71.2 Å². The highest BCUT2D eigenvalue weighted by atomic mass is 79.9. The molecule has 2 N–H and O–H groups in total. The fourth-order valence-corrected chi connectivity index (χ4v) is 3.97. The number of anilines is 1. The molecule has 0 heterocycles. The summed E-state index contributed by atoms with van der Waals surface area (Å²) in [5, 5.41) is 4.46. The molecule has 0 fully saturated rings. The molecule has 0 saturated carbocycles. The number of carbonyl (C=O) groups excluding carboxylic acids is 1. The number of amides is 1. The van der Waals surface area contributed by atoms with E-state index in [9.17, 15) is 13.2 Å². The van der Waals surface area contributed by atoms with Gasteiger partial charge in [0, 0.05) is 10.2 Å². The molecule has 0 unspecified atom stereocenters. The van der Waals surface area contributed by atoms with Crippen LogP contribution in [0.1, 0.15) is 6.92 Å². The average molecular weight is 433 g/mol. The molecule has 0 bridgehead atoms. The van der Waals surface area contributed by atoms with Crippen molar-refractivity contribution < 1.29 is 13.2 Å². The van der Waals surface area contributed by atoms with E-state index in [0.717, 1.165) is 15.2 Å². The SMILES string of the molecule is C[C@H](NS(=O)(=O)c1ccc2ccccc2c1)C(=O)Nc1ccc(Br)cc1. The third-order valence-corrected chi connectivity index (χ3v) is 5.94. The third kappa shape index (κ3) is 4.30. The van der Waals surface area contributed by atoms with Crippen molar-refractivity contribution in [2.45, 2.75) is 17.9 Å². The van der Waals surface area contributed by atoms with Crippen LogP contribution in [0.25, 0.3) is 10.8 Å². The number of hydrogen-bond acceptors (Lipinski definition) is 3. The van der Waals surface area contributed by atoms with Crippen LogP contribution >= 0.6 is 15.9 Å². The number of carbonyl (C=O) groups is 1. The first-order valence-electron chi connectivity index (χ1n) is 7.93. The van der Waals surface area contributed by atoms with Gasteiger partial charge in [-0.05, 0) is 54.1 Å². The maximum Gasteiger partial charge on any atom is 0.242 e. The first kappa shape index (κ1) is 18.6. The lowest BCUT2D eigenvalue weighted by Crippen LogP contribution is -2.41. The van der Waals surface area contributed by atoms with E-state index in [1.807, 2.05) is 24.3 Å². The summed E-state index contributed by atoms with van der Waals surface area (Å²) in [7, 11) is -3.81. The highest BCUT2D eigenvalue weighted by molar-refractivity contribution is 9.10. The summed E-state index contributed by atoms with van der Waals surface area (Å²) in [5.41, 5.74) is 0.593. The molecule has 1 amide bonds. The summed E-state index contributed by atoms with van der Waals surface area (Å²) in [4.78, 5) is 12.4. The first-order chi connectivity index (χ1) is 12.3. The van der Waals surface area contributed by atoms with Gasteiger partial charge in [-0.1, -0.05) is 46.3 Å². The molecule has 7 heteroatoms. The molecule has 3 aromatic rings. The van der Waals surface area contributed by atoms with Crippen LogP contribution in [0.3, 0.4) is 0 Å². The Bertz CT molecular complexity index is 1050. The molecule has 0 aromatic heterocycles.